The molecule has 1 aliphatic heterocycles. The maximum Gasteiger partial charge on any atom is 0.115 e. The van der Waals surface area contributed by atoms with Crippen molar-refractivity contribution >= 4 is 11.6 Å². The highest BCUT2D eigenvalue weighted by molar-refractivity contribution is 6.18. The molecule has 0 saturated carbocycles. The van der Waals surface area contributed by atoms with Crippen molar-refractivity contribution in [1.82, 2.24) is 4.90 Å². The van der Waals surface area contributed by atoms with Gasteiger partial charge >= 0.3 is 0 Å². The van der Waals surface area contributed by atoms with E-state index in [4.69, 9.17) is 16.3 Å². The minimum absolute atomic E-state index is 0.0739. The summed E-state index contributed by atoms with van der Waals surface area (Å²) in [6.07, 6.45) is 6.46. The van der Waals surface area contributed by atoms with Crippen LogP contribution in [-0.4, -0.2) is 48.7 Å². The molecule has 19 heavy (non-hydrogen) atoms. The van der Waals surface area contributed by atoms with Crippen LogP contribution in [0.4, 0.5) is 0 Å². The number of likely N-dealkylation sites (tertiary alicyclic amines) is 1. The molecular formula is C15H24ClNO2. The van der Waals surface area contributed by atoms with Crippen molar-refractivity contribution in [3.05, 3.63) is 24.0 Å². The zero-order valence-corrected chi connectivity index (χ0v) is 12.6. The number of halogens is 1. The van der Waals surface area contributed by atoms with E-state index in [9.17, 15) is 5.11 Å². The molecule has 2 atom stereocenters. The highest BCUT2D eigenvalue weighted by atomic mass is 35.5. The number of nitrogens with zero attached hydrogens (tertiary/aromatic N) is 1. The Balaban J connectivity index is 1.66. The molecule has 0 aromatic carbocycles. The summed E-state index contributed by atoms with van der Waals surface area (Å²) in [4.78, 5) is 2.28. The molecule has 108 valence electrons. The van der Waals surface area contributed by atoms with Gasteiger partial charge in [-0.05, 0) is 24.0 Å². The maximum atomic E-state index is 9.28. The third-order valence-corrected chi connectivity index (χ3v) is 4.80. The first-order chi connectivity index (χ1) is 9.08. The standard InChI is InChI=1S/C15H24ClNO2/c1-12-3-4-14(7-13(12)2)19-6-5-17-9-15(8-16,10-17)11-18/h3-4,7,12-13,18H,5-6,8-11H2,1-2H3/t12-,13+/m0/s1. The Labute approximate surface area is 120 Å². The van der Waals surface area contributed by atoms with Gasteiger partial charge in [-0.2, -0.15) is 0 Å². The van der Waals surface area contributed by atoms with Gasteiger partial charge in [0, 0.05) is 30.9 Å². The molecule has 0 amide bonds. The summed E-state index contributed by atoms with van der Waals surface area (Å²) in [5, 5.41) is 9.28. The lowest BCUT2D eigenvalue weighted by Crippen LogP contribution is -2.59. The lowest BCUT2D eigenvalue weighted by Gasteiger charge is -2.48. The average molecular weight is 286 g/mol. The van der Waals surface area contributed by atoms with Crippen LogP contribution in [0.2, 0.25) is 0 Å². The smallest absolute Gasteiger partial charge is 0.115 e. The number of ether oxygens (including phenoxy) is 1. The summed E-state index contributed by atoms with van der Waals surface area (Å²) in [7, 11) is 0. The van der Waals surface area contributed by atoms with E-state index in [-0.39, 0.29) is 12.0 Å². The molecule has 0 radical (unpaired) electrons. The van der Waals surface area contributed by atoms with E-state index < -0.39 is 0 Å². The Hall–Kier alpha value is -0.510. The van der Waals surface area contributed by atoms with Crippen molar-refractivity contribution in [2.24, 2.45) is 17.3 Å². The van der Waals surface area contributed by atoms with E-state index in [2.05, 4.69) is 37.0 Å². The number of hydrogen-bond acceptors (Lipinski definition) is 3. The van der Waals surface area contributed by atoms with Crippen molar-refractivity contribution in [2.45, 2.75) is 13.8 Å². The summed E-state index contributed by atoms with van der Waals surface area (Å²) in [6, 6.07) is 0. The van der Waals surface area contributed by atoms with E-state index in [1.807, 2.05) is 0 Å². The molecule has 4 heteroatoms. The highest BCUT2D eigenvalue weighted by Gasteiger charge is 2.41. The Bertz CT molecular complexity index is 355. The lowest BCUT2D eigenvalue weighted by molar-refractivity contribution is -0.0327. The van der Waals surface area contributed by atoms with Gasteiger partial charge in [0.05, 0.1) is 6.61 Å². The summed E-state index contributed by atoms with van der Waals surface area (Å²) in [6.45, 7) is 7.95. The summed E-state index contributed by atoms with van der Waals surface area (Å²) in [5.74, 6) is 2.65. The van der Waals surface area contributed by atoms with Gasteiger partial charge in [-0.1, -0.05) is 19.9 Å². The first-order valence-corrected chi connectivity index (χ1v) is 7.54. The van der Waals surface area contributed by atoms with Gasteiger partial charge in [-0.3, -0.25) is 4.90 Å². The molecule has 0 bridgehead atoms. The van der Waals surface area contributed by atoms with E-state index in [1.54, 1.807) is 0 Å². The molecule has 0 unspecified atom stereocenters. The molecule has 3 nitrogen and oxygen atoms in total. The fraction of sp³-hybridized carbons (Fsp3) is 0.733. The van der Waals surface area contributed by atoms with Crippen LogP contribution in [0.15, 0.2) is 24.0 Å². The number of aliphatic hydroxyl groups is 1. The summed E-state index contributed by atoms with van der Waals surface area (Å²) < 4.78 is 5.78. The Kier molecular flexibility index (Phi) is 4.93. The van der Waals surface area contributed by atoms with Crippen LogP contribution in [0.25, 0.3) is 0 Å². The number of alkyl halides is 1. The topological polar surface area (TPSA) is 32.7 Å². The second-order valence-corrected chi connectivity index (χ2v) is 6.26. The quantitative estimate of drug-likeness (QED) is 0.760. The van der Waals surface area contributed by atoms with Gasteiger partial charge in [0.15, 0.2) is 0 Å². The largest absolute Gasteiger partial charge is 0.493 e. The molecule has 2 rings (SSSR count). The van der Waals surface area contributed by atoms with Gasteiger partial charge < -0.3 is 9.84 Å². The number of rotatable bonds is 6. The second kappa shape index (κ2) is 6.29. The minimum atomic E-state index is -0.0739. The monoisotopic (exact) mass is 285 g/mol. The molecule has 0 aromatic heterocycles. The fourth-order valence-corrected chi connectivity index (χ4v) is 2.82. The van der Waals surface area contributed by atoms with Crippen molar-refractivity contribution in [3.63, 3.8) is 0 Å². The minimum Gasteiger partial charge on any atom is -0.493 e. The van der Waals surface area contributed by atoms with Crippen molar-refractivity contribution < 1.29 is 9.84 Å². The van der Waals surface area contributed by atoms with Crippen LogP contribution >= 0.6 is 11.6 Å². The van der Waals surface area contributed by atoms with Gasteiger partial charge in [-0.25, -0.2) is 0 Å². The third-order valence-electron chi connectivity index (χ3n) is 4.23. The first-order valence-electron chi connectivity index (χ1n) is 7.00. The van der Waals surface area contributed by atoms with Crippen molar-refractivity contribution in [2.75, 3.05) is 38.7 Å². The van der Waals surface area contributed by atoms with Crippen LogP contribution in [0.5, 0.6) is 0 Å². The lowest BCUT2D eigenvalue weighted by atomic mass is 9.83. The number of aliphatic hydroxyl groups excluding tert-OH is 1. The van der Waals surface area contributed by atoms with E-state index in [1.165, 1.54) is 0 Å². The van der Waals surface area contributed by atoms with Crippen LogP contribution in [-0.2, 0) is 4.74 Å². The molecule has 1 heterocycles. The maximum absolute atomic E-state index is 9.28. The van der Waals surface area contributed by atoms with Gasteiger partial charge in [0.2, 0.25) is 0 Å². The zero-order valence-electron chi connectivity index (χ0n) is 11.8. The van der Waals surface area contributed by atoms with Crippen LogP contribution < -0.4 is 0 Å². The van der Waals surface area contributed by atoms with Crippen LogP contribution in [0.3, 0.4) is 0 Å². The summed E-state index contributed by atoms with van der Waals surface area (Å²) >= 11 is 5.87. The molecule has 2 aliphatic rings. The predicted molar refractivity (Wildman–Crippen MR) is 78.2 cm³/mol. The molecule has 1 saturated heterocycles. The third kappa shape index (κ3) is 3.53. The number of allylic oxidation sites excluding steroid dienone is 3. The van der Waals surface area contributed by atoms with Gasteiger partial charge in [0.25, 0.3) is 0 Å². The Morgan fingerprint density at radius 2 is 2.16 bits per heavy atom. The SMILES string of the molecule is C[C@@H]1C=C(OCCN2CC(CO)(CCl)C2)C=C[C@@H]1C. The molecule has 1 fully saturated rings. The van der Waals surface area contributed by atoms with Crippen LogP contribution in [0, 0.1) is 17.3 Å². The molecule has 0 spiro atoms. The second-order valence-electron chi connectivity index (χ2n) is 6.00. The van der Waals surface area contributed by atoms with Crippen LogP contribution in [0.1, 0.15) is 13.8 Å². The van der Waals surface area contributed by atoms with E-state index in [0.717, 1.165) is 25.4 Å². The van der Waals surface area contributed by atoms with Gasteiger partial charge in [-0.15, -0.1) is 11.6 Å². The normalized spacial score (nSPS) is 29.8. The van der Waals surface area contributed by atoms with E-state index >= 15 is 0 Å². The van der Waals surface area contributed by atoms with E-state index in [0.29, 0.717) is 24.3 Å². The molecule has 0 aromatic rings. The average Bonchev–Trinajstić information content (AvgIpc) is 2.37. The fourth-order valence-electron chi connectivity index (χ4n) is 2.56. The van der Waals surface area contributed by atoms with Crippen molar-refractivity contribution in [3.8, 4) is 0 Å². The van der Waals surface area contributed by atoms with Gasteiger partial charge in [0.1, 0.15) is 12.4 Å². The first kappa shape index (κ1) is 14.9. The molecule has 1 aliphatic carbocycles. The molecular weight excluding hydrogens is 262 g/mol. The van der Waals surface area contributed by atoms with Crippen molar-refractivity contribution in [1.29, 1.82) is 0 Å². The summed E-state index contributed by atoms with van der Waals surface area (Å²) in [5.41, 5.74) is -0.0739. The predicted octanol–water partition coefficient (Wildman–Crippen LogP) is 2.26. The highest BCUT2D eigenvalue weighted by Crippen LogP contribution is 2.31. The Morgan fingerprint density at radius 3 is 2.74 bits per heavy atom. The molecule has 1 N–H and O–H groups in total. The number of hydrogen-bond donors (Lipinski definition) is 1. The zero-order chi connectivity index (χ0) is 13.9. The Morgan fingerprint density at radius 1 is 1.42 bits per heavy atom.